The Morgan fingerprint density at radius 3 is 2.67 bits per heavy atom. The fourth-order valence-electron chi connectivity index (χ4n) is 2.26. The van der Waals surface area contributed by atoms with E-state index in [1.807, 2.05) is 24.3 Å². The smallest absolute Gasteiger partial charge is 0.162 e. The van der Waals surface area contributed by atoms with E-state index >= 15 is 0 Å². The summed E-state index contributed by atoms with van der Waals surface area (Å²) in [6.45, 7) is 2.90. The molecule has 110 valence electrons. The number of benzene rings is 2. The molecular weight excluding hydrogens is 289 g/mol. The minimum Gasteiger partial charge on any atom is -0.486 e. The highest BCUT2D eigenvalue weighted by Crippen LogP contribution is 2.39. The molecule has 1 unspecified atom stereocenters. The lowest BCUT2D eigenvalue weighted by Gasteiger charge is -2.19. The molecule has 0 spiro atoms. The zero-order valence-corrected chi connectivity index (χ0v) is 12.5. The third kappa shape index (κ3) is 2.99. The third-order valence-corrected chi connectivity index (χ3v) is 4.28. The molecule has 2 N–H and O–H groups in total. The average Bonchev–Trinajstić information content (AvgIpc) is 2.47. The number of fused-ring (bicyclic) bond motifs is 1. The van der Waals surface area contributed by atoms with Gasteiger partial charge in [-0.2, -0.15) is 0 Å². The van der Waals surface area contributed by atoms with Crippen molar-refractivity contribution in [3.8, 4) is 11.5 Å². The van der Waals surface area contributed by atoms with Crippen LogP contribution >= 0.6 is 11.8 Å². The molecule has 0 saturated heterocycles. The maximum atomic E-state index is 13.9. The van der Waals surface area contributed by atoms with Crippen molar-refractivity contribution >= 4 is 11.8 Å². The Labute approximate surface area is 127 Å². The molecule has 0 bridgehead atoms. The second kappa shape index (κ2) is 5.95. The van der Waals surface area contributed by atoms with Crippen molar-refractivity contribution in [3.05, 3.63) is 47.8 Å². The first-order valence-electron chi connectivity index (χ1n) is 6.76. The monoisotopic (exact) mass is 305 g/mol. The Kier molecular flexibility index (Phi) is 4.03. The Bertz CT molecular complexity index is 661. The maximum absolute atomic E-state index is 13.9. The molecule has 21 heavy (non-hydrogen) atoms. The van der Waals surface area contributed by atoms with E-state index in [2.05, 4.69) is 0 Å². The second-order valence-corrected chi connectivity index (χ2v) is 5.96. The van der Waals surface area contributed by atoms with Gasteiger partial charge in [-0.05, 0) is 37.3 Å². The van der Waals surface area contributed by atoms with Crippen LogP contribution in [0.25, 0.3) is 0 Å². The summed E-state index contributed by atoms with van der Waals surface area (Å²) in [5, 5.41) is 0. The first-order valence-corrected chi connectivity index (χ1v) is 7.58. The molecule has 1 heterocycles. The minimum absolute atomic E-state index is 0.271. The van der Waals surface area contributed by atoms with Crippen LogP contribution in [0.2, 0.25) is 0 Å². The molecule has 2 aromatic rings. The van der Waals surface area contributed by atoms with Gasteiger partial charge in [0.15, 0.2) is 11.5 Å². The topological polar surface area (TPSA) is 44.5 Å². The molecule has 3 rings (SSSR count). The Balaban J connectivity index is 1.92. The largest absolute Gasteiger partial charge is 0.486 e. The van der Waals surface area contributed by atoms with Crippen LogP contribution in [0.3, 0.4) is 0 Å². The number of nitrogens with two attached hydrogens (primary N) is 1. The molecular formula is C16H16FNO2S. The lowest BCUT2D eigenvalue weighted by atomic mass is 10.1. The highest BCUT2D eigenvalue weighted by atomic mass is 32.2. The van der Waals surface area contributed by atoms with E-state index in [-0.39, 0.29) is 11.9 Å². The molecule has 5 heteroatoms. The van der Waals surface area contributed by atoms with Crippen molar-refractivity contribution in [2.45, 2.75) is 22.8 Å². The van der Waals surface area contributed by atoms with Gasteiger partial charge in [0.25, 0.3) is 0 Å². The van der Waals surface area contributed by atoms with E-state index < -0.39 is 0 Å². The van der Waals surface area contributed by atoms with E-state index in [1.54, 1.807) is 13.0 Å². The van der Waals surface area contributed by atoms with Crippen LogP contribution in [0.5, 0.6) is 11.5 Å². The lowest BCUT2D eigenvalue weighted by Crippen LogP contribution is -2.15. The summed E-state index contributed by atoms with van der Waals surface area (Å²) in [6.07, 6.45) is 0. The normalized spacial score (nSPS) is 14.8. The number of hydrogen-bond donors (Lipinski definition) is 1. The van der Waals surface area contributed by atoms with Crippen LogP contribution < -0.4 is 15.2 Å². The summed E-state index contributed by atoms with van der Waals surface area (Å²) in [4.78, 5) is 1.79. The number of hydrogen-bond acceptors (Lipinski definition) is 4. The lowest BCUT2D eigenvalue weighted by molar-refractivity contribution is 0.171. The molecule has 0 saturated carbocycles. The van der Waals surface area contributed by atoms with Crippen LogP contribution in [-0.2, 0) is 0 Å². The number of halogens is 1. The highest BCUT2D eigenvalue weighted by Gasteiger charge is 2.16. The third-order valence-electron chi connectivity index (χ3n) is 3.21. The Morgan fingerprint density at radius 2 is 1.90 bits per heavy atom. The van der Waals surface area contributed by atoms with Crippen LogP contribution in [0.1, 0.15) is 18.5 Å². The molecule has 0 fully saturated rings. The standard InChI is InChI=1S/C16H16FNO2S/c1-10(18)16-12(17)3-2-4-15(16)21-11-5-6-13-14(9-11)20-8-7-19-13/h2-6,9-10H,7-8,18H2,1H3. The molecule has 0 radical (unpaired) electrons. The predicted molar refractivity (Wildman–Crippen MR) is 80.6 cm³/mol. The van der Waals surface area contributed by atoms with Gasteiger partial charge >= 0.3 is 0 Å². The first-order chi connectivity index (χ1) is 10.1. The van der Waals surface area contributed by atoms with Gasteiger partial charge in [0.1, 0.15) is 19.0 Å². The van der Waals surface area contributed by atoms with E-state index in [0.29, 0.717) is 18.8 Å². The van der Waals surface area contributed by atoms with Crippen molar-refractivity contribution < 1.29 is 13.9 Å². The maximum Gasteiger partial charge on any atom is 0.162 e. The van der Waals surface area contributed by atoms with Crippen LogP contribution in [-0.4, -0.2) is 13.2 Å². The van der Waals surface area contributed by atoms with Gasteiger partial charge in [-0.3, -0.25) is 0 Å². The zero-order valence-electron chi connectivity index (χ0n) is 11.6. The summed E-state index contributed by atoms with van der Waals surface area (Å²) in [5.74, 6) is 1.20. The van der Waals surface area contributed by atoms with Gasteiger partial charge in [-0.1, -0.05) is 17.8 Å². The van der Waals surface area contributed by atoms with Gasteiger partial charge in [-0.15, -0.1) is 0 Å². The zero-order chi connectivity index (χ0) is 14.8. The van der Waals surface area contributed by atoms with Crippen LogP contribution in [0.15, 0.2) is 46.2 Å². The summed E-state index contributed by atoms with van der Waals surface area (Å²) in [6, 6.07) is 10.4. The van der Waals surface area contributed by atoms with Crippen LogP contribution in [0, 0.1) is 5.82 Å². The van der Waals surface area contributed by atoms with Gasteiger partial charge < -0.3 is 15.2 Å². The van der Waals surface area contributed by atoms with Crippen LogP contribution in [0.4, 0.5) is 4.39 Å². The quantitative estimate of drug-likeness (QED) is 0.937. The fraction of sp³-hybridized carbons (Fsp3) is 0.250. The second-order valence-electron chi connectivity index (χ2n) is 4.85. The van der Waals surface area contributed by atoms with Gasteiger partial charge in [0.05, 0.1) is 0 Å². The highest BCUT2D eigenvalue weighted by molar-refractivity contribution is 7.99. The van der Waals surface area contributed by atoms with E-state index in [9.17, 15) is 4.39 Å². The summed E-state index contributed by atoms with van der Waals surface area (Å²) >= 11 is 1.47. The Hall–Kier alpha value is -1.72. The predicted octanol–water partition coefficient (Wildman–Crippen LogP) is 3.77. The van der Waals surface area contributed by atoms with Crippen molar-refractivity contribution in [3.63, 3.8) is 0 Å². The minimum atomic E-state index is -0.356. The molecule has 3 nitrogen and oxygen atoms in total. The molecule has 2 aromatic carbocycles. The van der Waals surface area contributed by atoms with Crippen molar-refractivity contribution in [2.24, 2.45) is 5.73 Å². The van der Waals surface area contributed by atoms with Gasteiger partial charge in [-0.25, -0.2) is 4.39 Å². The van der Waals surface area contributed by atoms with E-state index in [1.165, 1.54) is 17.8 Å². The molecule has 0 aromatic heterocycles. The fourth-order valence-corrected chi connectivity index (χ4v) is 3.36. The molecule has 1 aliphatic heterocycles. The van der Waals surface area contributed by atoms with E-state index in [4.69, 9.17) is 15.2 Å². The number of rotatable bonds is 3. The van der Waals surface area contributed by atoms with Gasteiger partial charge in [0.2, 0.25) is 0 Å². The Morgan fingerprint density at radius 1 is 1.14 bits per heavy atom. The van der Waals surface area contributed by atoms with Crippen molar-refractivity contribution in [1.82, 2.24) is 0 Å². The van der Waals surface area contributed by atoms with Crippen molar-refractivity contribution in [1.29, 1.82) is 0 Å². The van der Waals surface area contributed by atoms with Crippen molar-refractivity contribution in [2.75, 3.05) is 13.2 Å². The SMILES string of the molecule is CC(N)c1c(F)cccc1Sc1ccc2c(c1)OCCO2. The molecule has 1 atom stereocenters. The summed E-state index contributed by atoms with van der Waals surface area (Å²) < 4.78 is 25.0. The molecule has 1 aliphatic rings. The average molecular weight is 305 g/mol. The summed E-state index contributed by atoms with van der Waals surface area (Å²) in [7, 11) is 0. The summed E-state index contributed by atoms with van der Waals surface area (Å²) in [5.41, 5.74) is 6.42. The van der Waals surface area contributed by atoms with E-state index in [0.717, 1.165) is 21.3 Å². The molecule has 0 amide bonds. The van der Waals surface area contributed by atoms with Gasteiger partial charge in [0, 0.05) is 21.4 Å². The number of ether oxygens (including phenoxy) is 2. The molecule has 0 aliphatic carbocycles. The first kappa shape index (κ1) is 14.2.